The van der Waals surface area contributed by atoms with Crippen LogP contribution in [0.4, 0.5) is 14.9 Å². The number of hydrogen-bond donors (Lipinski definition) is 2. The van der Waals surface area contributed by atoms with Crippen molar-refractivity contribution in [1.82, 2.24) is 4.90 Å². The number of carbonyl (C=O) groups is 2. The van der Waals surface area contributed by atoms with Gasteiger partial charge in [-0.25, -0.2) is 14.0 Å². The predicted molar refractivity (Wildman–Crippen MR) is 77.0 cm³/mol. The Balaban J connectivity index is 2.19. The molecule has 5 nitrogen and oxygen atoms in total. The third-order valence-corrected chi connectivity index (χ3v) is 3.88. The average molecular weight is 294 g/mol. The highest BCUT2D eigenvalue weighted by Gasteiger charge is 2.29. The summed E-state index contributed by atoms with van der Waals surface area (Å²) in [7, 11) is 0. The molecule has 2 N–H and O–H groups in total. The molecular formula is C15H19FN2O3. The molecule has 0 radical (unpaired) electrons. The standard InChI is InChI=1S/C15H19FN2O3/c1-9-4-3-5-10(2)18(9)15(21)17-13-8-11(14(19)20)6-7-12(13)16/h6-10H,3-5H2,1-2H3,(H,17,21)(H,19,20)/t9-,10+. The van der Waals surface area contributed by atoms with Gasteiger partial charge in [0.25, 0.3) is 0 Å². The van der Waals surface area contributed by atoms with Gasteiger partial charge in [-0.3, -0.25) is 0 Å². The summed E-state index contributed by atoms with van der Waals surface area (Å²) >= 11 is 0. The van der Waals surface area contributed by atoms with Crippen molar-refractivity contribution in [2.24, 2.45) is 0 Å². The smallest absolute Gasteiger partial charge is 0.335 e. The summed E-state index contributed by atoms with van der Waals surface area (Å²) in [5, 5.41) is 11.4. The van der Waals surface area contributed by atoms with Crippen LogP contribution in [-0.2, 0) is 0 Å². The third-order valence-electron chi connectivity index (χ3n) is 3.88. The summed E-state index contributed by atoms with van der Waals surface area (Å²) < 4.78 is 13.7. The van der Waals surface area contributed by atoms with Gasteiger partial charge in [-0.2, -0.15) is 0 Å². The number of anilines is 1. The van der Waals surface area contributed by atoms with Crippen molar-refractivity contribution in [2.75, 3.05) is 5.32 Å². The zero-order valence-corrected chi connectivity index (χ0v) is 12.1. The van der Waals surface area contributed by atoms with Crippen LogP contribution >= 0.6 is 0 Å². The monoisotopic (exact) mass is 294 g/mol. The Kier molecular flexibility index (Phi) is 4.45. The van der Waals surface area contributed by atoms with E-state index in [1.54, 1.807) is 4.90 Å². The summed E-state index contributed by atoms with van der Waals surface area (Å²) in [6.07, 6.45) is 2.89. The van der Waals surface area contributed by atoms with E-state index in [1.165, 1.54) is 6.07 Å². The van der Waals surface area contributed by atoms with Crippen LogP contribution in [0.3, 0.4) is 0 Å². The van der Waals surface area contributed by atoms with Crippen molar-refractivity contribution < 1.29 is 19.1 Å². The Hall–Kier alpha value is -2.11. The molecule has 1 fully saturated rings. The van der Waals surface area contributed by atoms with Gasteiger partial charge in [0, 0.05) is 12.1 Å². The van der Waals surface area contributed by atoms with Gasteiger partial charge in [0.2, 0.25) is 0 Å². The minimum atomic E-state index is -1.16. The summed E-state index contributed by atoms with van der Waals surface area (Å²) in [4.78, 5) is 24.9. The zero-order valence-electron chi connectivity index (χ0n) is 12.1. The molecule has 114 valence electrons. The SMILES string of the molecule is C[C@@H]1CCC[C@H](C)N1C(=O)Nc1cc(C(=O)O)ccc1F. The van der Waals surface area contributed by atoms with Crippen molar-refractivity contribution >= 4 is 17.7 Å². The second-order valence-corrected chi connectivity index (χ2v) is 5.47. The molecule has 1 saturated heterocycles. The first-order valence-corrected chi connectivity index (χ1v) is 7.02. The molecule has 0 spiro atoms. The number of amides is 2. The van der Waals surface area contributed by atoms with Gasteiger partial charge < -0.3 is 15.3 Å². The number of nitrogens with one attached hydrogen (secondary N) is 1. The van der Waals surface area contributed by atoms with Gasteiger partial charge in [-0.1, -0.05) is 0 Å². The molecule has 0 aromatic heterocycles. The van der Waals surface area contributed by atoms with E-state index in [1.807, 2.05) is 13.8 Å². The van der Waals surface area contributed by atoms with Crippen molar-refractivity contribution in [3.05, 3.63) is 29.6 Å². The van der Waals surface area contributed by atoms with Crippen molar-refractivity contribution in [2.45, 2.75) is 45.2 Å². The topological polar surface area (TPSA) is 69.6 Å². The number of halogens is 1. The van der Waals surface area contributed by atoms with Crippen LogP contribution in [0.1, 0.15) is 43.5 Å². The number of carboxylic acid groups (broad SMARTS) is 1. The number of nitrogens with zero attached hydrogens (tertiary/aromatic N) is 1. The molecular weight excluding hydrogens is 275 g/mol. The molecule has 0 bridgehead atoms. The Morgan fingerprint density at radius 2 is 1.90 bits per heavy atom. The van der Waals surface area contributed by atoms with Crippen molar-refractivity contribution in [1.29, 1.82) is 0 Å². The van der Waals surface area contributed by atoms with E-state index in [0.717, 1.165) is 31.4 Å². The van der Waals surface area contributed by atoms with Crippen LogP contribution in [0, 0.1) is 5.82 Å². The molecule has 0 aliphatic carbocycles. The lowest BCUT2D eigenvalue weighted by atomic mass is 9.98. The van der Waals surface area contributed by atoms with E-state index in [-0.39, 0.29) is 23.3 Å². The second-order valence-electron chi connectivity index (χ2n) is 5.47. The summed E-state index contributed by atoms with van der Waals surface area (Å²) in [6, 6.07) is 3.12. The first-order chi connectivity index (χ1) is 9.90. The number of likely N-dealkylation sites (tertiary alicyclic amines) is 1. The molecule has 0 saturated carbocycles. The Morgan fingerprint density at radius 1 is 1.29 bits per heavy atom. The number of carbonyl (C=O) groups excluding carboxylic acids is 1. The molecule has 1 aromatic carbocycles. The highest BCUT2D eigenvalue weighted by atomic mass is 19.1. The number of aromatic carboxylic acids is 1. The lowest BCUT2D eigenvalue weighted by Gasteiger charge is -2.38. The van der Waals surface area contributed by atoms with E-state index in [9.17, 15) is 14.0 Å². The number of carboxylic acids is 1. The van der Waals surface area contributed by atoms with Gasteiger partial charge in [0.1, 0.15) is 5.82 Å². The maximum absolute atomic E-state index is 13.7. The van der Waals surface area contributed by atoms with E-state index >= 15 is 0 Å². The lowest BCUT2D eigenvalue weighted by Crippen LogP contribution is -2.49. The predicted octanol–water partition coefficient (Wildman–Crippen LogP) is 3.32. The van der Waals surface area contributed by atoms with Gasteiger partial charge in [-0.05, 0) is 51.3 Å². The molecule has 2 atom stereocenters. The lowest BCUT2D eigenvalue weighted by molar-refractivity contribution is 0.0696. The minimum Gasteiger partial charge on any atom is -0.478 e. The molecule has 2 amide bonds. The molecule has 1 aliphatic heterocycles. The van der Waals surface area contributed by atoms with E-state index in [2.05, 4.69) is 5.32 Å². The van der Waals surface area contributed by atoms with Crippen LogP contribution in [0.2, 0.25) is 0 Å². The largest absolute Gasteiger partial charge is 0.478 e. The average Bonchev–Trinajstić information content (AvgIpc) is 2.40. The van der Waals surface area contributed by atoms with Crippen LogP contribution < -0.4 is 5.32 Å². The molecule has 1 aromatic rings. The van der Waals surface area contributed by atoms with Crippen molar-refractivity contribution in [3.8, 4) is 0 Å². The van der Waals surface area contributed by atoms with Crippen LogP contribution in [0.5, 0.6) is 0 Å². The second kappa shape index (κ2) is 6.11. The maximum Gasteiger partial charge on any atom is 0.335 e. The molecule has 1 aliphatic rings. The van der Waals surface area contributed by atoms with Crippen LogP contribution in [0.25, 0.3) is 0 Å². The highest BCUT2D eigenvalue weighted by molar-refractivity contribution is 5.93. The van der Waals surface area contributed by atoms with Crippen LogP contribution in [-0.4, -0.2) is 34.1 Å². The Labute approximate surface area is 122 Å². The summed E-state index contributed by atoms with van der Waals surface area (Å²) in [5.74, 6) is -1.81. The number of urea groups is 1. The fourth-order valence-electron chi connectivity index (χ4n) is 2.76. The van der Waals surface area contributed by atoms with E-state index in [0.29, 0.717) is 0 Å². The third kappa shape index (κ3) is 3.32. The molecule has 2 rings (SSSR count). The molecule has 6 heteroatoms. The fourth-order valence-corrected chi connectivity index (χ4v) is 2.76. The normalized spacial score (nSPS) is 22.0. The van der Waals surface area contributed by atoms with Gasteiger partial charge in [0.15, 0.2) is 0 Å². The van der Waals surface area contributed by atoms with Gasteiger partial charge in [0.05, 0.1) is 11.3 Å². The summed E-state index contributed by atoms with van der Waals surface area (Å²) in [5.41, 5.74) is -0.170. The highest BCUT2D eigenvalue weighted by Crippen LogP contribution is 2.24. The van der Waals surface area contributed by atoms with E-state index < -0.39 is 17.8 Å². The van der Waals surface area contributed by atoms with Crippen molar-refractivity contribution in [3.63, 3.8) is 0 Å². The molecule has 1 heterocycles. The maximum atomic E-state index is 13.7. The van der Waals surface area contributed by atoms with Crippen LogP contribution in [0.15, 0.2) is 18.2 Å². The first kappa shape index (κ1) is 15.3. The number of benzene rings is 1. The Bertz CT molecular complexity index is 552. The molecule has 0 unspecified atom stereocenters. The van der Waals surface area contributed by atoms with Gasteiger partial charge >= 0.3 is 12.0 Å². The first-order valence-electron chi connectivity index (χ1n) is 7.02. The minimum absolute atomic E-state index is 0.0635. The number of piperidine rings is 1. The summed E-state index contributed by atoms with van der Waals surface area (Å²) in [6.45, 7) is 3.92. The zero-order chi connectivity index (χ0) is 15.6. The fraction of sp³-hybridized carbons (Fsp3) is 0.467. The Morgan fingerprint density at radius 3 is 2.48 bits per heavy atom. The number of rotatable bonds is 2. The number of hydrogen-bond acceptors (Lipinski definition) is 2. The van der Waals surface area contributed by atoms with Gasteiger partial charge in [-0.15, -0.1) is 0 Å². The van der Waals surface area contributed by atoms with E-state index in [4.69, 9.17) is 5.11 Å². The quantitative estimate of drug-likeness (QED) is 0.879. The molecule has 21 heavy (non-hydrogen) atoms.